The average molecular weight is 350 g/mol. The Morgan fingerprint density at radius 1 is 1.39 bits per heavy atom. The zero-order valence-corrected chi connectivity index (χ0v) is 15.6. The fourth-order valence-corrected chi connectivity index (χ4v) is 3.96. The van der Waals surface area contributed by atoms with E-state index in [1.807, 2.05) is 55.6 Å². The lowest BCUT2D eigenvalue weighted by molar-refractivity contribution is -0.126. The van der Waals surface area contributed by atoms with Crippen LogP contribution >= 0.6 is 23.1 Å². The van der Waals surface area contributed by atoms with Gasteiger partial charge in [0.15, 0.2) is 0 Å². The smallest absolute Gasteiger partial charge is 0.242 e. The second kappa shape index (κ2) is 8.47. The van der Waals surface area contributed by atoms with Crippen LogP contribution in [-0.4, -0.2) is 36.1 Å². The molecule has 0 saturated carbocycles. The Morgan fingerprint density at radius 3 is 2.78 bits per heavy atom. The summed E-state index contributed by atoms with van der Waals surface area (Å²) >= 11 is 3.40. The second-order valence-corrected chi connectivity index (χ2v) is 7.41. The summed E-state index contributed by atoms with van der Waals surface area (Å²) < 4.78 is 0. The lowest BCUT2D eigenvalue weighted by Gasteiger charge is -2.25. The first-order valence-corrected chi connectivity index (χ1v) is 9.72. The number of hydrogen-bond donors (Lipinski definition) is 1. The summed E-state index contributed by atoms with van der Waals surface area (Å²) in [6, 6.07) is 7.72. The van der Waals surface area contributed by atoms with E-state index in [1.165, 1.54) is 0 Å². The van der Waals surface area contributed by atoms with Crippen molar-refractivity contribution < 1.29 is 4.79 Å². The van der Waals surface area contributed by atoms with Gasteiger partial charge in [0.2, 0.25) is 5.91 Å². The summed E-state index contributed by atoms with van der Waals surface area (Å²) in [5, 5.41) is 6.14. The predicted molar refractivity (Wildman–Crippen MR) is 98.8 cm³/mol. The van der Waals surface area contributed by atoms with Gasteiger partial charge in [0.25, 0.3) is 0 Å². The zero-order chi connectivity index (χ0) is 16.8. The molecule has 1 heterocycles. The van der Waals surface area contributed by atoms with E-state index in [0.717, 1.165) is 27.6 Å². The van der Waals surface area contributed by atoms with E-state index in [4.69, 9.17) is 0 Å². The van der Waals surface area contributed by atoms with E-state index < -0.39 is 0 Å². The number of carbonyl (C=O) groups excluding carboxylic acids is 1. The topological polar surface area (TPSA) is 45.2 Å². The molecule has 0 bridgehead atoms. The molecule has 2 aromatic rings. The number of rotatable bonds is 7. The Hall–Kier alpha value is -1.37. The first-order valence-electron chi connectivity index (χ1n) is 7.44. The van der Waals surface area contributed by atoms with E-state index in [-0.39, 0.29) is 11.9 Å². The number of nitrogens with zero attached hydrogens (tertiary/aromatic N) is 2. The summed E-state index contributed by atoms with van der Waals surface area (Å²) in [5.74, 6) is 0.922. The van der Waals surface area contributed by atoms with Gasteiger partial charge in [-0.1, -0.05) is 24.3 Å². The SMILES string of the molecule is CSCc1nc(CNC(=O)[C@@H](c2ccccc2C)N(C)C)cs1. The lowest BCUT2D eigenvalue weighted by Crippen LogP contribution is -2.37. The highest BCUT2D eigenvalue weighted by Crippen LogP contribution is 2.22. The first-order chi connectivity index (χ1) is 11.0. The van der Waals surface area contributed by atoms with Gasteiger partial charge in [-0.15, -0.1) is 11.3 Å². The number of carbonyl (C=O) groups is 1. The minimum Gasteiger partial charge on any atom is -0.349 e. The van der Waals surface area contributed by atoms with Crippen molar-refractivity contribution in [2.75, 3.05) is 20.4 Å². The van der Waals surface area contributed by atoms with Gasteiger partial charge in [-0.05, 0) is 38.4 Å². The summed E-state index contributed by atoms with van der Waals surface area (Å²) in [4.78, 5) is 19.1. The van der Waals surface area contributed by atoms with Gasteiger partial charge in [-0.2, -0.15) is 11.8 Å². The summed E-state index contributed by atoms with van der Waals surface area (Å²) in [6.45, 7) is 2.51. The van der Waals surface area contributed by atoms with Crippen LogP contribution in [0.3, 0.4) is 0 Å². The molecular formula is C17H23N3OS2. The van der Waals surface area contributed by atoms with Crippen LogP contribution in [0.2, 0.25) is 0 Å². The molecule has 1 amide bonds. The number of thioether (sulfide) groups is 1. The molecule has 0 saturated heterocycles. The molecule has 0 aliphatic heterocycles. The zero-order valence-electron chi connectivity index (χ0n) is 14.0. The third-order valence-corrected chi connectivity index (χ3v) is 5.20. The third-order valence-electron chi connectivity index (χ3n) is 3.56. The van der Waals surface area contributed by atoms with Crippen LogP contribution in [0.1, 0.15) is 27.9 Å². The molecule has 1 N–H and O–H groups in total. The minimum absolute atomic E-state index is 0.00344. The third kappa shape index (κ3) is 4.80. The van der Waals surface area contributed by atoms with E-state index in [0.29, 0.717) is 6.54 Å². The number of aryl methyl sites for hydroxylation is 1. The van der Waals surface area contributed by atoms with E-state index in [1.54, 1.807) is 23.1 Å². The number of aromatic nitrogens is 1. The van der Waals surface area contributed by atoms with Gasteiger partial charge in [-0.25, -0.2) is 4.98 Å². The van der Waals surface area contributed by atoms with Crippen molar-refractivity contribution in [2.45, 2.75) is 25.3 Å². The van der Waals surface area contributed by atoms with Crippen molar-refractivity contribution in [3.05, 3.63) is 51.5 Å². The van der Waals surface area contributed by atoms with Crippen LogP contribution in [0.5, 0.6) is 0 Å². The lowest BCUT2D eigenvalue weighted by atomic mass is 10.00. The fourth-order valence-electron chi connectivity index (χ4n) is 2.44. The monoisotopic (exact) mass is 349 g/mol. The van der Waals surface area contributed by atoms with E-state index >= 15 is 0 Å². The molecule has 1 aromatic carbocycles. The molecule has 124 valence electrons. The van der Waals surface area contributed by atoms with Crippen molar-refractivity contribution in [3.8, 4) is 0 Å². The van der Waals surface area contributed by atoms with Crippen LogP contribution < -0.4 is 5.32 Å². The van der Waals surface area contributed by atoms with Gasteiger partial charge in [0.05, 0.1) is 12.2 Å². The normalized spacial score (nSPS) is 12.4. The molecule has 0 spiro atoms. The highest BCUT2D eigenvalue weighted by molar-refractivity contribution is 7.97. The maximum Gasteiger partial charge on any atom is 0.242 e. The van der Waals surface area contributed by atoms with Crippen LogP contribution in [0, 0.1) is 6.92 Å². The van der Waals surface area contributed by atoms with E-state index in [2.05, 4.69) is 16.6 Å². The molecule has 23 heavy (non-hydrogen) atoms. The van der Waals surface area contributed by atoms with Crippen LogP contribution in [0.15, 0.2) is 29.6 Å². The predicted octanol–water partition coefficient (Wildman–Crippen LogP) is 3.23. The number of thiazole rings is 1. The maximum absolute atomic E-state index is 12.7. The largest absolute Gasteiger partial charge is 0.349 e. The molecule has 2 rings (SSSR count). The van der Waals surface area contributed by atoms with Crippen LogP contribution in [-0.2, 0) is 17.1 Å². The standard InChI is InChI=1S/C17H23N3OS2/c1-12-7-5-6-8-14(12)16(20(2)3)17(21)18-9-13-10-23-15(19-13)11-22-4/h5-8,10,16H,9,11H2,1-4H3,(H,18,21)/t16-/m1/s1. The molecule has 0 aliphatic carbocycles. The Balaban J connectivity index is 2.05. The van der Waals surface area contributed by atoms with Gasteiger partial charge < -0.3 is 5.32 Å². The summed E-state index contributed by atoms with van der Waals surface area (Å²) in [7, 11) is 3.85. The van der Waals surface area contributed by atoms with Gasteiger partial charge in [0.1, 0.15) is 11.0 Å². The molecule has 0 fully saturated rings. The number of amides is 1. The summed E-state index contributed by atoms with van der Waals surface area (Å²) in [5.41, 5.74) is 3.09. The maximum atomic E-state index is 12.7. The Kier molecular flexibility index (Phi) is 6.62. The molecule has 1 atom stereocenters. The molecule has 4 nitrogen and oxygen atoms in total. The highest BCUT2D eigenvalue weighted by atomic mass is 32.2. The van der Waals surface area contributed by atoms with Gasteiger partial charge in [-0.3, -0.25) is 9.69 Å². The van der Waals surface area contributed by atoms with Crippen molar-refractivity contribution >= 4 is 29.0 Å². The molecule has 0 aliphatic rings. The number of likely N-dealkylation sites (N-methyl/N-ethyl adjacent to an activating group) is 1. The molecule has 0 unspecified atom stereocenters. The first kappa shape index (κ1) is 18.0. The Morgan fingerprint density at radius 2 is 2.13 bits per heavy atom. The second-order valence-electron chi connectivity index (χ2n) is 5.61. The van der Waals surface area contributed by atoms with Crippen LogP contribution in [0.25, 0.3) is 0 Å². The average Bonchev–Trinajstić information content (AvgIpc) is 2.95. The molecule has 6 heteroatoms. The van der Waals surface area contributed by atoms with Crippen molar-refractivity contribution in [1.82, 2.24) is 15.2 Å². The molecule has 1 aromatic heterocycles. The summed E-state index contributed by atoms with van der Waals surface area (Å²) in [6.07, 6.45) is 2.06. The fraction of sp³-hybridized carbons (Fsp3) is 0.412. The number of nitrogens with one attached hydrogen (secondary N) is 1. The van der Waals surface area contributed by atoms with E-state index in [9.17, 15) is 4.79 Å². The minimum atomic E-state index is -0.291. The number of hydrogen-bond acceptors (Lipinski definition) is 5. The quantitative estimate of drug-likeness (QED) is 0.833. The Bertz CT molecular complexity index is 655. The van der Waals surface area contributed by atoms with Gasteiger partial charge in [0, 0.05) is 11.1 Å². The van der Waals surface area contributed by atoms with Crippen molar-refractivity contribution in [2.24, 2.45) is 0 Å². The Labute approximate surface area is 146 Å². The molecular weight excluding hydrogens is 326 g/mol. The van der Waals surface area contributed by atoms with Crippen LogP contribution in [0.4, 0.5) is 0 Å². The van der Waals surface area contributed by atoms with Crippen molar-refractivity contribution in [3.63, 3.8) is 0 Å². The molecule has 0 radical (unpaired) electrons. The van der Waals surface area contributed by atoms with Crippen molar-refractivity contribution in [1.29, 1.82) is 0 Å². The number of benzene rings is 1. The highest BCUT2D eigenvalue weighted by Gasteiger charge is 2.24. The van der Waals surface area contributed by atoms with Gasteiger partial charge >= 0.3 is 0 Å².